The quantitative estimate of drug-likeness (QED) is 0.206. The summed E-state index contributed by atoms with van der Waals surface area (Å²) in [5.41, 5.74) is 2.89. The van der Waals surface area contributed by atoms with Crippen molar-refractivity contribution in [2.45, 2.75) is 18.7 Å². The summed E-state index contributed by atoms with van der Waals surface area (Å²) in [6.07, 6.45) is 2.61. The van der Waals surface area contributed by atoms with Crippen LogP contribution >= 0.6 is 12.6 Å². The molecule has 0 aliphatic carbocycles. The van der Waals surface area contributed by atoms with Crippen LogP contribution < -0.4 is 9.64 Å². The van der Waals surface area contributed by atoms with Crippen LogP contribution in [0.15, 0.2) is 89.5 Å². The first-order valence-corrected chi connectivity index (χ1v) is 10.5. The number of methoxy groups -OCH3 is 1. The molecule has 0 heterocycles. The van der Waals surface area contributed by atoms with E-state index in [4.69, 9.17) is 9.84 Å². The van der Waals surface area contributed by atoms with Crippen LogP contribution in [0.2, 0.25) is 0 Å². The van der Waals surface area contributed by atoms with Gasteiger partial charge in [-0.3, -0.25) is 9.59 Å². The van der Waals surface area contributed by atoms with Gasteiger partial charge in [-0.15, -0.1) is 12.6 Å². The third kappa shape index (κ3) is 7.03. The molecular formula is C26H27NO4S. The molecule has 32 heavy (non-hydrogen) atoms. The summed E-state index contributed by atoms with van der Waals surface area (Å²) in [5, 5.41) is 8.74. The number of carbonyl (C=O) groups is 2. The van der Waals surface area contributed by atoms with Gasteiger partial charge in [0.2, 0.25) is 0 Å². The van der Waals surface area contributed by atoms with Crippen molar-refractivity contribution < 1.29 is 19.4 Å². The number of nitrogens with zero attached hydrogens (tertiary/aromatic N) is 1. The van der Waals surface area contributed by atoms with Crippen LogP contribution in [0.5, 0.6) is 11.5 Å². The molecule has 5 nitrogen and oxygen atoms in total. The lowest BCUT2D eigenvalue weighted by molar-refractivity contribution is 0.103. The maximum Gasteiger partial charge on any atom is 0.190 e. The lowest BCUT2D eigenvalue weighted by Crippen LogP contribution is -2.18. The normalized spacial score (nSPS) is 10.6. The molecule has 0 radical (unpaired) electrons. The largest absolute Gasteiger partial charge is 0.508 e. The molecule has 0 atom stereocenters. The number of aromatic hydroxyl groups is 1. The van der Waals surface area contributed by atoms with Gasteiger partial charge in [-0.05, 0) is 74.5 Å². The second-order valence-electron chi connectivity index (χ2n) is 6.85. The average Bonchev–Trinajstić information content (AvgIpc) is 2.83. The first kappa shape index (κ1) is 24.8. The van der Waals surface area contributed by atoms with Gasteiger partial charge in [-0.1, -0.05) is 12.1 Å². The molecule has 0 aliphatic rings. The second kappa shape index (κ2) is 12.4. The van der Waals surface area contributed by atoms with Gasteiger partial charge < -0.3 is 14.7 Å². The number of thiol groups is 1. The zero-order chi connectivity index (χ0) is 23.5. The Bertz CT molecular complexity index is 1060. The Morgan fingerprint density at radius 2 is 1.66 bits per heavy atom. The fourth-order valence-electron chi connectivity index (χ4n) is 2.85. The number of hydrogen-bond acceptors (Lipinski definition) is 6. The molecule has 0 bridgehead atoms. The van der Waals surface area contributed by atoms with Crippen LogP contribution in [0.3, 0.4) is 0 Å². The van der Waals surface area contributed by atoms with Gasteiger partial charge in [0.15, 0.2) is 5.78 Å². The van der Waals surface area contributed by atoms with Crippen LogP contribution in [0.1, 0.15) is 34.6 Å². The van der Waals surface area contributed by atoms with Gasteiger partial charge in [0.1, 0.15) is 17.8 Å². The Morgan fingerprint density at radius 1 is 1.03 bits per heavy atom. The molecule has 0 spiro atoms. The molecule has 166 valence electrons. The summed E-state index contributed by atoms with van der Waals surface area (Å²) in [7, 11) is 1.61. The highest BCUT2D eigenvalue weighted by atomic mass is 32.1. The third-order valence-corrected chi connectivity index (χ3v) is 5.00. The molecule has 6 heteroatoms. The van der Waals surface area contributed by atoms with Gasteiger partial charge in [0.25, 0.3) is 0 Å². The van der Waals surface area contributed by atoms with E-state index in [0.717, 1.165) is 29.2 Å². The Kier molecular flexibility index (Phi) is 9.57. The Balaban J connectivity index is 0.000000336. The molecule has 0 aromatic heterocycles. The lowest BCUT2D eigenvalue weighted by atomic mass is 10.1. The predicted octanol–water partition coefficient (Wildman–Crippen LogP) is 5.80. The number of aldehydes is 1. The van der Waals surface area contributed by atoms with Gasteiger partial charge in [-0.25, -0.2) is 0 Å². The molecule has 0 saturated carbocycles. The monoisotopic (exact) mass is 449 g/mol. The van der Waals surface area contributed by atoms with Crippen LogP contribution in [-0.4, -0.2) is 30.8 Å². The van der Waals surface area contributed by atoms with Crippen molar-refractivity contribution in [1.82, 2.24) is 0 Å². The lowest BCUT2D eigenvalue weighted by Gasteiger charge is -2.21. The number of benzene rings is 3. The third-order valence-electron chi connectivity index (χ3n) is 4.62. The smallest absolute Gasteiger partial charge is 0.190 e. The fourth-order valence-corrected chi connectivity index (χ4v) is 3.14. The summed E-state index contributed by atoms with van der Waals surface area (Å²) in [6.45, 7) is 4.63. The first-order chi connectivity index (χ1) is 15.4. The van der Waals surface area contributed by atoms with E-state index in [1.54, 1.807) is 43.5 Å². The van der Waals surface area contributed by atoms with E-state index >= 15 is 0 Å². The second-order valence-corrected chi connectivity index (χ2v) is 7.34. The summed E-state index contributed by atoms with van der Waals surface area (Å²) in [4.78, 5) is 25.5. The molecule has 0 unspecified atom stereocenters. The van der Waals surface area contributed by atoms with E-state index in [9.17, 15) is 9.59 Å². The molecule has 0 aliphatic heterocycles. The van der Waals surface area contributed by atoms with Crippen molar-refractivity contribution in [2.24, 2.45) is 0 Å². The van der Waals surface area contributed by atoms with Gasteiger partial charge in [0.05, 0.1) is 12.8 Å². The summed E-state index contributed by atoms with van der Waals surface area (Å²) < 4.78 is 5.12. The number of Topliss-reactive ketones (excluding diaryl/α,β-unsaturated/α-hetero) is 1. The number of ketones is 1. The number of para-hydroxylation sites is 1. The standard InChI is InChI=1S/C19H21NO2S.C7H6O2/c1-4-20(17-7-5-6-8-18(17)23)13-14(2)19(21)15-9-11-16(22-3)12-10-15;8-5-6-1-3-7(9)4-2-6/h5-13,23H,4H2,1-3H3;1-5,9H/b14-13-;. The number of anilines is 1. The number of phenolic OH excluding ortho intramolecular Hbond substituents is 1. The van der Waals surface area contributed by atoms with Crippen molar-refractivity contribution in [1.29, 1.82) is 0 Å². The molecule has 3 aromatic carbocycles. The Morgan fingerprint density at radius 3 is 2.19 bits per heavy atom. The van der Waals surface area contributed by atoms with Crippen LogP contribution in [-0.2, 0) is 0 Å². The van der Waals surface area contributed by atoms with Gasteiger partial charge in [-0.2, -0.15) is 0 Å². The van der Waals surface area contributed by atoms with Crippen LogP contribution in [0, 0.1) is 0 Å². The average molecular weight is 450 g/mol. The van der Waals surface area contributed by atoms with E-state index in [1.807, 2.05) is 49.2 Å². The van der Waals surface area contributed by atoms with Crippen LogP contribution in [0.4, 0.5) is 5.69 Å². The van der Waals surface area contributed by atoms with E-state index in [0.29, 0.717) is 16.7 Å². The zero-order valence-corrected chi connectivity index (χ0v) is 19.3. The highest BCUT2D eigenvalue weighted by molar-refractivity contribution is 7.80. The zero-order valence-electron chi connectivity index (χ0n) is 18.4. The number of rotatable bonds is 7. The Hall–Kier alpha value is -3.51. The summed E-state index contributed by atoms with van der Waals surface area (Å²) in [5.74, 6) is 0.922. The van der Waals surface area contributed by atoms with E-state index in [2.05, 4.69) is 12.6 Å². The molecule has 3 rings (SSSR count). The number of phenols is 1. The molecule has 3 aromatic rings. The van der Waals surface area contributed by atoms with Crippen molar-refractivity contribution in [3.05, 3.63) is 95.7 Å². The minimum atomic E-state index is 0.00254. The maximum absolute atomic E-state index is 12.6. The molecule has 1 N–H and O–H groups in total. The van der Waals surface area contributed by atoms with Crippen molar-refractivity contribution in [2.75, 3.05) is 18.6 Å². The topological polar surface area (TPSA) is 66.8 Å². The highest BCUT2D eigenvalue weighted by Gasteiger charge is 2.11. The summed E-state index contributed by atoms with van der Waals surface area (Å²) in [6, 6.07) is 21.1. The predicted molar refractivity (Wildman–Crippen MR) is 131 cm³/mol. The van der Waals surface area contributed by atoms with Crippen LogP contribution in [0.25, 0.3) is 0 Å². The first-order valence-electron chi connectivity index (χ1n) is 10.1. The SMILES string of the molecule is CCN(/C=C(/C)C(=O)c1ccc(OC)cc1)c1ccccc1S.O=Cc1ccc(O)cc1. The molecule has 0 saturated heterocycles. The maximum atomic E-state index is 12.6. The minimum Gasteiger partial charge on any atom is -0.508 e. The number of ether oxygens (including phenoxy) is 1. The number of hydrogen-bond donors (Lipinski definition) is 2. The summed E-state index contributed by atoms with van der Waals surface area (Å²) >= 11 is 4.49. The molecule has 0 amide bonds. The van der Waals surface area contributed by atoms with E-state index < -0.39 is 0 Å². The van der Waals surface area contributed by atoms with Crippen molar-refractivity contribution >= 4 is 30.4 Å². The molecule has 0 fully saturated rings. The minimum absolute atomic E-state index is 0.00254. The Labute approximate surface area is 194 Å². The highest BCUT2D eigenvalue weighted by Crippen LogP contribution is 2.25. The van der Waals surface area contributed by atoms with Gasteiger partial charge >= 0.3 is 0 Å². The van der Waals surface area contributed by atoms with Gasteiger partial charge in [0, 0.05) is 34.3 Å². The number of allylic oxidation sites excluding steroid dienone is 1. The van der Waals surface area contributed by atoms with E-state index in [1.165, 1.54) is 12.1 Å². The molecular weight excluding hydrogens is 422 g/mol. The van der Waals surface area contributed by atoms with Crippen molar-refractivity contribution in [3.63, 3.8) is 0 Å². The van der Waals surface area contributed by atoms with Crippen molar-refractivity contribution in [3.8, 4) is 11.5 Å². The van der Waals surface area contributed by atoms with E-state index in [-0.39, 0.29) is 11.5 Å². The fraction of sp³-hybridized carbons (Fsp3) is 0.154. The number of carbonyl (C=O) groups excluding carboxylic acids is 2.